The summed E-state index contributed by atoms with van der Waals surface area (Å²) >= 11 is 0. The Morgan fingerprint density at radius 3 is 1.93 bits per heavy atom. The molecule has 27 heavy (non-hydrogen) atoms. The Bertz CT molecular complexity index is 505. The molecule has 0 N–H and O–H groups in total. The van der Waals surface area contributed by atoms with Crippen molar-refractivity contribution in [1.29, 1.82) is 0 Å². The predicted molar refractivity (Wildman–Crippen MR) is 115 cm³/mol. The van der Waals surface area contributed by atoms with Crippen LogP contribution in [0.25, 0.3) is 0 Å². The summed E-state index contributed by atoms with van der Waals surface area (Å²) < 4.78 is 20.9. The highest BCUT2D eigenvalue weighted by Gasteiger charge is 2.30. The molecule has 2 aliphatic rings. The second-order valence-electron chi connectivity index (χ2n) is 7.71. The van der Waals surface area contributed by atoms with E-state index in [1.807, 2.05) is 6.07 Å². The molecule has 2 heterocycles. The summed E-state index contributed by atoms with van der Waals surface area (Å²) in [5.74, 6) is 0. The molecule has 3 atom stereocenters. The number of anilines is 1. The van der Waals surface area contributed by atoms with Gasteiger partial charge in [0.15, 0.2) is 0 Å². The molecule has 3 unspecified atom stereocenters. The molecular weight excluding hydrogens is 357 g/mol. The van der Waals surface area contributed by atoms with Crippen molar-refractivity contribution in [3.8, 4) is 0 Å². The molecule has 3 rings (SSSR count). The summed E-state index contributed by atoms with van der Waals surface area (Å²) in [6, 6.07) is 10.5. The maximum atomic E-state index is 10.3. The summed E-state index contributed by atoms with van der Waals surface area (Å²) in [6.07, 6.45) is 7.95. The first kappa shape index (κ1) is 22.3. The highest BCUT2D eigenvalue weighted by molar-refractivity contribution is 7.23. The normalized spacial score (nSPS) is 20.7. The number of hydrogen-bond donors (Lipinski definition) is 0. The molecule has 0 saturated carbocycles. The van der Waals surface area contributed by atoms with Crippen molar-refractivity contribution in [2.75, 3.05) is 37.4 Å². The number of rotatable bonds is 12. The van der Waals surface area contributed by atoms with Gasteiger partial charge in [0.05, 0.1) is 25.4 Å². The van der Waals surface area contributed by atoms with Gasteiger partial charge in [0.1, 0.15) is 6.16 Å². The Balaban J connectivity index is 0.000000201. The van der Waals surface area contributed by atoms with Crippen molar-refractivity contribution in [3.63, 3.8) is 0 Å². The van der Waals surface area contributed by atoms with Crippen LogP contribution in [-0.4, -0.2) is 44.7 Å². The first-order chi connectivity index (χ1) is 13.2. The van der Waals surface area contributed by atoms with Gasteiger partial charge in [-0.3, -0.25) is 0 Å². The van der Waals surface area contributed by atoms with Crippen molar-refractivity contribution < 1.29 is 14.0 Å². The van der Waals surface area contributed by atoms with Crippen LogP contribution < -0.4 is 4.90 Å². The van der Waals surface area contributed by atoms with Crippen molar-refractivity contribution in [3.05, 3.63) is 30.3 Å². The standard InChI is InChI=1S/C12H15NO2.C10H21OP/c1-2-4-10(5-3-1)13(6-11-8-14-11)7-12-9-15-12;1-4-10(5-2,6-3)8-7-9-12-11/h1-5,11-12H,6-9H2;4-9H2,1-3H3/p+1. The van der Waals surface area contributed by atoms with Crippen LogP contribution >= 0.6 is 8.46 Å². The molecule has 5 heteroatoms. The third-order valence-electron chi connectivity index (χ3n) is 6.01. The van der Waals surface area contributed by atoms with Crippen LogP contribution in [0.4, 0.5) is 5.69 Å². The van der Waals surface area contributed by atoms with E-state index in [1.165, 1.54) is 31.4 Å². The van der Waals surface area contributed by atoms with E-state index in [-0.39, 0.29) is 8.46 Å². The second kappa shape index (κ2) is 11.8. The van der Waals surface area contributed by atoms with Gasteiger partial charge in [-0.25, -0.2) is 0 Å². The lowest BCUT2D eigenvalue weighted by Crippen LogP contribution is -2.31. The van der Waals surface area contributed by atoms with E-state index in [4.69, 9.17) is 9.47 Å². The Kier molecular flexibility index (Phi) is 9.75. The highest BCUT2D eigenvalue weighted by atomic mass is 31.1. The van der Waals surface area contributed by atoms with Gasteiger partial charge >= 0.3 is 8.46 Å². The lowest BCUT2D eigenvalue weighted by atomic mass is 9.76. The Hall–Kier alpha value is -0.960. The monoisotopic (exact) mass is 394 g/mol. The first-order valence-corrected chi connectivity index (χ1v) is 11.7. The fourth-order valence-corrected chi connectivity index (χ4v) is 3.90. The zero-order valence-corrected chi connectivity index (χ0v) is 18.3. The fraction of sp³-hybridized carbons (Fsp3) is 0.727. The van der Waals surface area contributed by atoms with E-state index >= 15 is 0 Å². The molecule has 4 nitrogen and oxygen atoms in total. The Labute approximate surface area is 166 Å². The van der Waals surface area contributed by atoms with Crippen LogP contribution in [0, 0.1) is 5.41 Å². The van der Waals surface area contributed by atoms with Gasteiger partial charge in [-0.05, 0) is 30.4 Å². The number of epoxide rings is 2. The van der Waals surface area contributed by atoms with E-state index < -0.39 is 0 Å². The van der Waals surface area contributed by atoms with Crippen molar-refractivity contribution in [2.24, 2.45) is 5.41 Å². The van der Waals surface area contributed by atoms with E-state index in [9.17, 15) is 4.57 Å². The number of nitrogens with zero attached hydrogens (tertiary/aromatic N) is 1. The molecule has 0 radical (unpaired) electrons. The van der Waals surface area contributed by atoms with Crippen molar-refractivity contribution in [2.45, 2.75) is 65.1 Å². The van der Waals surface area contributed by atoms with Crippen LogP contribution in [0.5, 0.6) is 0 Å². The van der Waals surface area contributed by atoms with Gasteiger partial charge in [0.2, 0.25) is 0 Å². The lowest BCUT2D eigenvalue weighted by Gasteiger charge is -2.29. The van der Waals surface area contributed by atoms with Crippen LogP contribution in [0.1, 0.15) is 52.9 Å². The second-order valence-corrected chi connectivity index (χ2v) is 8.50. The third kappa shape index (κ3) is 8.29. The van der Waals surface area contributed by atoms with Crippen LogP contribution in [-0.2, 0) is 14.0 Å². The molecule has 0 aliphatic carbocycles. The molecule has 2 aliphatic heterocycles. The van der Waals surface area contributed by atoms with Crippen molar-refractivity contribution >= 4 is 14.1 Å². The molecule has 2 fully saturated rings. The number of benzene rings is 1. The van der Waals surface area contributed by atoms with E-state index in [0.29, 0.717) is 17.6 Å². The van der Waals surface area contributed by atoms with E-state index in [2.05, 4.69) is 49.9 Å². The molecule has 1 aromatic rings. The van der Waals surface area contributed by atoms with Gasteiger partial charge < -0.3 is 14.4 Å². The SMILES string of the molecule is CCC(CC)(CC)CCC[PH+]=O.c1ccc(N(CC2CO2)CC2CO2)cc1. The number of hydrogen-bond acceptors (Lipinski definition) is 4. The van der Waals surface area contributed by atoms with Gasteiger partial charge in [-0.2, -0.15) is 0 Å². The summed E-state index contributed by atoms with van der Waals surface area (Å²) in [7, 11) is -0.102. The smallest absolute Gasteiger partial charge is 0.324 e. The predicted octanol–water partition coefficient (Wildman–Crippen LogP) is 5.30. The zero-order chi connectivity index (χ0) is 19.5. The summed E-state index contributed by atoms with van der Waals surface area (Å²) in [4.78, 5) is 2.36. The average molecular weight is 395 g/mol. The third-order valence-corrected chi connectivity index (χ3v) is 6.57. The van der Waals surface area contributed by atoms with Gasteiger partial charge in [-0.15, -0.1) is 0 Å². The minimum Gasteiger partial charge on any atom is -0.371 e. The van der Waals surface area contributed by atoms with Gasteiger partial charge in [-0.1, -0.05) is 62.8 Å². The van der Waals surface area contributed by atoms with Gasteiger partial charge in [0.25, 0.3) is 0 Å². The molecule has 1 aromatic carbocycles. The van der Waals surface area contributed by atoms with Gasteiger partial charge in [0, 0.05) is 18.8 Å². The van der Waals surface area contributed by atoms with Crippen LogP contribution in [0.2, 0.25) is 0 Å². The van der Waals surface area contributed by atoms with E-state index in [1.54, 1.807) is 0 Å². The summed E-state index contributed by atoms with van der Waals surface area (Å²) in [6.45, 7) is 10.6. The number of ether oxygens (including phenoxy) is 2. The molecule has 0 bridgehead atoms. The highest BCUT2D eigenvalue weighted by Crippen LogP contribution is 2.35. The molecule has 0 amide bonds. The van der Waals surface area contributed by atoms with Crippen LogP contribution in [0.15, 0.2) is 30.3 Å². The topological polar surface area (TPSA) is 45.4 Å². The average Bonchev–Trinajstić information content (AvgIpc) is 3.63. The quantitative estimate of drug-likeness (QED) is 0.274. The Morgan fingerprint density at radius 1 is 1.00 bits per heavy atom. The molecule has 0 spiro atoms. The molecule has 2 saturated heterocycles. The fourth-order valence-electron chi connectivity index (χ4n) is 3.58. The van der Waals surface area contributed by atoms with Crippen molar-refractivity contribution in [1.82, 2.24) is 0 Å². The van der Waals surface area contributed by atoms with Crippen LogP contribution in [0.3, 0.4) is 0 Å². The summed E-state index contributed by atoms with van der Waals surface area (Å²) in [5, 5.41) is 0. The van der Waals surface area contributed by atoms with E-state index in [0.717, 1.165) is 38.9 Å². The maximum Gasteiger partial charge on any atom is 0.324 e. The minimum absolute atomic E-state index is 0.102. The first-order valence-electron chi connectivity index (χ1n) is 10.5. The Morgan fingerprint density at radius 2 is 1.52 bits per heavy atom. The molecule has 0 aromatic heterocycles. The molecular formula is C22H37NO3P+. The molecule has 152 valence electrons. The maximum absolute atomic E-state index is 10.3. The minimum atomic E-state index is -0.102. The zero-order valence-electron chi connectivity index (χ0n) is 17.3. The largest absolute Gasteiger partial charge is 0.371 e. The lowest BCUT2D eigenvalue weighted by molar-refractivity contribution is 0.227. The number of para-hydroxylation sites is 1. The summed E-state index contributed by atoms with van der Waals surface area (Å²) in [5.41, 5.74) is 1.81.